The first-order valence-electron chi connectivity index (χ1n) is 5.36. The van der Waals surface area contributed by atoms with Crippen LogP contribution < -0.4 is 20.6 Å². The molecule has 0 aliphatic carbocycles. The van der Waals surface area contributed by atoms with Crippen molar-refractivity contribution in [1.29, 1.82) is 0 Å². The van der Waals surface area contributed by atoms with Gasteiger partial charge in [0.2, 0.25) is 0 Å². The topological polar surface area (TPSA) is 104 Å². The van der Waals surface area contributed by atoms with Crippen LogP contribution in [0.2, 0.25) is 0 Å². The van der Waals surface area contributed by atoms with Crippen LogP contribution in [0.4, 0.5) is 4.79 Å². The quantitative estimate of drug-likeness (QED) is 0.418. The molecule has 2 aromatic rings. The first kappa shape index (κ1) is 13.0. The molecule has 0 spiro atoms. The second-order valence-electron chi connectivity index (χ2n) is 3.74. The largest absolute Gasteiger partial charge is 0.390 e. The molecule has 19 heavy (non-hydrogen) atoms. The molecule has 0 bridgehead atoms. The molecule has 98 valence electrons. The second-order valence-corrected chi connectivity index (χ2v) is 4.76. The average Bonchev–Trinajstić information content (AvgIpc) is 2.71. The van der Waals surface area contributed by atoms with E-state index in [1.165, 1.54) is 6.21 Å². The number of carbonyl (C=O) groups excluding carboxylic acids is 1. The molecule has 0 aromatic carbocycles. The maximum absolute atomic E-state index is 11.4. The van der Waals surface area contributed by atoms with Crippen LogP contribution in [0.25, 0.3) is 5.82 Å². The van der Waals surface area contributed by atoms with Crippen LogP contribution >= 0.6 is 11.3 Å². The summed E-state index contributed by atoms with van der Waals surface area (Å²) >= 11 is 0.992. The highest BCUT2D eigenvalue weighted by Gasteiger charge is 2.15. The third-order valence-electron chi connectivity index (χ3n) is 2.27. The fourth-order valence-electron chi connectivity index (χ4n) is 1.42. The van der Waals surface area contributed by atoms with Gasteiger partial charge in [-0.2, -0.15) is 10.1 Å². The fourth-order valence-corrected chi connectivity index (χ4v) is 2.12. The molecule has 0 fully saturated rings. The zero-order valence-electron chi connectivity index (χ0n) is 10.1. The Hall–Kier alpha value is -2.48. The summed E-state index contributed by atoms with van der Waals surface area (Å²) in [4.78, 5) is 25.0. The van der Waals surface area contributed by atoms with Crippen LogP contribution in [0.15, 0.2) is 34.4 Å². The van der Waals surface area contributed by atoms with E-state index in [2.05, 4.69) is 15.5 Å². The Bertz CT molecular complexity index is 671. The van der Waals surface area contributed by atoms with Gasteiger partial charge in [0.25, 0.3) is 0 Å². The highest BCUT2D eigenvalue weighted by molar-refractivity contribution is 7.11. The van der Waals surface area contributed by atoms with E-state index < -0.39 is 6.03 Å². The van der Waals surface area contributed by atoms with Gasteiger partial charge < -0.3 is 5.73 Å². The number of hydrazone groups is 1. The zero-order valence-corrected chi connectivity index (χ0v) is 10.9. The highest BCUT2D eigenvalue weighted by atomic mass is 32.1. The van der Waals surface area contributed by atoms with Crippen molar-refractivity contribution in [3.63, 3.8) is 0 Å². The molecule has 0 saturated heterocycles. The maximum atomic E-state index is 11.4. The molecule has 2 amide bonds. The number of thiazole rings is 1. The molecule has 7 nitrogen and oxygen atoms in total. The standard InChI is InChI=1S/C11H11N5O2S/c1-7-2-4-16(5-3-7)9-8(19-11(18)14-9)6-13-15-10(12)17/h2-6H,1H3,(H3-,12,13,14,15,17,18)/p+1. The van der Waals surface area contributed by atoms with Gasteiger partial charge in [-0.25, -0.2) is 19.6 Å². The summed E-state index contributed by atoms with van der Waals surface area (Å²) in [6.07, 6.45) is 5.02. The lowest BCUT2D eigenvalue weighted by molar-refractivity contribution is -0.599. The van der Waals surface area contributed by atoms with Crippen molar-refractivity contribution in [2.24, 2.45) is 10.8 Å². The van der Waals surface area contributed by atoms with Crippen LogP contribution in [0.1, 0.15) is 10.4 Å². The number of rotatable bonds is 3. The number of urea groups is 1. The van der Waals surface area contributed by atoms with Crippen molar-refractivity contribution < 1.29 is 9.36 Å². The summed E-state index contributed by atoms with van der Waals surface area (Å²) in [6, 6.07) is 3.07. The molecule has 0 saturated carbocycles. The summed E-state index contributed by atoms with van der Waals surface area (Å²) in [6.45, 7) is 1.97. The number of primary amides is 1. The Morgan fingerprint density at radius 3 is 2.84 bits per heavy atom. The van der Waals surface area contributed by atoms with E-state index in [1.807, 2.05) is 31.5 Å². The summed E-state index contributed by atoms with van der Waals surface area (Å²) in [5, 5.41) is 3.65. The van der Waals surface area contributed by atoms with E-state index in [0.717, 1.165) is 16.9 Å². The number of aromatic nitrogens is 2. The van der Waals surface area contributed by atoms with E-state index >= 15 is 0 Å². The molecule has 0 aliphatic rings. The molecule has 0 atom stereocenters. The minimum atomic E-state index is -0.760. The van der Waals surface area contributed by atoms with Gasteiger partial charge in [-0.3, -0.25) is 0 Å². The van der Waals surface area contributed by atoms with E-state index in [0.29, 0.717) is 10.7 Å². The molecule has 4 N–H and O–H groups in total. The van der Waals surface area contributed by atoms with Gasteiger partial charge in [-0.1, -0.05) is 0 Å². The molecule has 2 aromatic heterocycles. The van der Waals surface area contributed by atoms with Gasteiger partial charge in [0.05, 0.1) is 18.6 Å². The number of amides is 2. The lowest BCUT2D eigenvalue weighted by Gasteiger charge is -1.96. The second kappa shape index (κ2) is 5.44. The van der Waals surface area contributed by atoms with Crippen molar-refractivity contribution in [2.45, 2.75) is 6.92 Å². The van der Waals surface area contributed by atoms with E-state index in [9.17, 15) is 9.59 Å². The Morgan fingerprint density at radius 1 is 1.53 bits per heavy atom. The number of aryl methyl sites for hydroxylation is 1. The maximum Gasteiger partial charge on any atom is 0.390 e. The number of carbonyl (C=O) groups is 1. The minimum absolute atomic E-state index is 0.205. The lowest BCUT2D eigenvalue weighted by atomic mass is 10.3. The summed E-state index contributed by atoms with van der Waals surface area (Å²) in [5.41, 5.74) is 8.08. The van der Waals surface area contributed by atoms with Gasteiger partial charge in [-0.15, -0.1) is 0 Å². The number of nitrogens with two attached hydrogens (primary N) is 1. The van der Waals surface area contributed by atoms with Gasteiger partial charge in [0, 0.05) is 0 Å². The number of nitrogens with zero attached hydrogens (tertiary/aromatic N) is 2. The number of H-pyrrole nitrogens is 1. The first-order valence-corrected chi connectivity index (χ1v) is 6.18. The molecule has 8 heteroatoms. The molecule has 0 aliphatic heterocycles. The van der Waals surface area contributed by atoms with Gasteiger partial charge in [0.15, 0.2) is 0 Å². The third kappa shape index (κ3) is 3.26. The number of pyridine rings is 1. The summed E-state index contributed by atoms with van der Waals surface area (Å²) < 4.78 is 1.76. The number of hydrogen-bond acceptors (Lipinski definition) is 4. The number of hydrogen-bond donors (Lipinski definition) is 3. The lowest BCUT2D eigenvalue weighted by Crippen LogP contribution is -2.32. The van der Waals surface area contributed by atoms with Gasteiger partial charge in [-0.05, 0) is 36.0 Å². The van der Waals surface area contributed by atoms with E-state index in [-0.39, 0.29) is 4.87 Å². The third-order valence-corrected chi connectivity index (χ3v) is 3.07. The smallest absolute Gasteiger partial charge is 0.350 e. The Morgan fingerprint density at radius 2 is 2.21 bits per heavy atom. The first-order chi connectivity index (χ1) is 9.06. The van der Waals surface area contributed by atoms with Crippen molar-refractivity contribution in [1.82, 2.24) is 10.4 Å². The van der Waals surface area contributed by atoms with Crippen molar-refractivity contribution >= 4 is 23.6 Å². The summed E-state index contributed by atoms with van der Waals surface area (Å²) in [5.74, 6) is 0.588. The fraction of sp³-hybridized carbons (Fsp3) is 0.0909. The molecule has 0 radical (unpaired) electrons. The Balaban J connectivity index is 2.35. The van der Waals surface area contributed by atoms with E-state index in [1.54, 1.807) is 4.57 Å². The Labute approximate surface area is 112 Å². The predicted molar refractivity (Wildman–Crippen MR) is 71.5 cm³/mol. The van der Waals surface area contributed by atoms with Crippen LogP contribution in [0.3, 0.4) is 0 Å². The highest BCUT2D eigenvalue weighted by Crippen LogP contribution is 2.06. The molecule has 0 unspecified atom stereocenters. The van der Waals surface area contributed by atoms with Crippen LogP contribution in [-0.2, 0) is 0 Å². The van der Waals surface area contributed by atoms with Gasteiger partial charge in [0.1, 0.15) is 4.88 Å². The van der Waals surface area contributed by atoms with Crippen molar-refractivity contribution in [3.8, 4) is 5.82 Å². The predicted octanol–water partition coefficient (Wildman–Crippen LogP) is 0.0237. The van der Waals surface area contributed by atoms with E-state index in [4.69, 9.17) is 5.73 Å². The monoisotopic (exact) mass is 278 g/mol. The Kier molecular flexibility index (Phi) is 3.71. The van der Waals surface area contributed by atoms with Crippen molar-refractivity contribution in [2.75, 3.05) is 0 Å². The molecule has 2 rings (SSSR count). The minimum Gasteiger partial charge on any atom is -0.350 e. The number of nitrogens with one attached hydrogen (secondary N) is 2. The molecular formula is C11H12N5O2S+. The summed E-state index contributed by atoms with van der Waals surface area (Å²) in [7, 11) is 0. The zero-order chi connectivity index (χ0) is 13.8. The average molecular weight is 278 g/mol. The normalized spacial score (nSPS) is 10.8. The van der Waals surface area contributed by atoms with Crippen LogP contribution in [0, 0.1) is 6.92 Å². The van der Waals surface area contributed by atoms with Crippen molar-refractivity contribution in [3.05, 3.63) is 44.6 Å². The SMILES string of the molecule is Cc1cc[n+](-c2[nH]c(=O)sc2/C=N\NC(N)=O)cc1. The number of aromatic amines is 1. The van der Waals surface area contributed by atoms with Crippen LogP contribution in [-0.4, -0.2) is 17.2 Å². The van der Waals surface area contributed by atoms with Crippen LogP contribution in [0.5, 0.6) is 0 Å². The van der Waals surface area contributed by atoms with Gasteiger partial charge >= 0.3 is 16.7 Å². The molecule has 2 heterocycles. The molecular weight excluding hydrogens is 266 g/mol.